The summed E-state index contributed by atoms with van der Waals surface area (Å²) in [5, 5.41) is 3.52. The second kappa shape index (κ2) is 5.70. The molecule has 1 nitrogen and oxygen atoms in total. The summed E-state index contributed by atoms with van der Waals surface area (Å²) in [6.07, 6.45) is 4.51. The number of nitrogens with one attached hydrogen (secondary N) is 1. The van der Waals surface area contributed by atoms with E-state index < -0.39 is 0 Å². The van der Waals surface area contributed by atoms with Crippen LogP contribution in [0.2, 0.25) is 0 Å². The first-order chi connectivity index (χ1) is 8.46. The Kier molecular flexibility index (Phi) is 4.44. The van der Waals surface area contributed by atoms with Gasteiger partial charge in [-0.2, -0.15) is 0 Å². The monoisotopic (exact) mass is 313 g/mol. The molecule has 1 aromatic rings. The van der Waals surface area contributed by atoms with Crippen molar-refractivity contribution in [1.29, 1.82) is 0 Å². The number of hydrogen-bond donors (Lipinski definition) is 1. The van der Waals surface area contributed by atoms with Crippen LogP contribution in [0.5, 0.6) is 0 Å². The standard InChI is InChI=1S/C15H21BrFN/c1-15(2,7-8-18-13-5-6-13)10-11-3-4-12(16)9-14(11)17/h3-4,9,13,18H,5-8,10H2,1-2H3. The Morgan fingerprint density at radius 3 is 2.72 bits per heavy atom. The summed E-state index contributed by atoms with van der Waals surface area (Å²) in [5.41, 5.74) is 0.950. The summed E-state index contributed by atoms with van der Waals surface area (Å²) in [6.45, 7) is 5.46. The zero-order chi connectivity index (χ0) is 13.2. The van der Waals surface area contributed by atoms with Crippen molar-refractivity contribution < 1.29 is 4.39 Å². The van der Waals surface area contributed by atoms with Crippen LogP contribution in [-0.2, 0) is 6.42 Å². The summed E-state index contributed by atoms with van der Waals surface area (Å²) >= 11 is 3.29. The largest absolute Gasteiger partial charge is 0.314 e. The summed E-state index contributed by atoms with van der Waals surface area (Å²) in [7, 11) is 0. The van der Waals surface area contributed by atoms with E-state index in [0.29, 0.717) is 0 Å². The van der Waals surface area contributed by atoms with E-state index in [1.54, 1.807) is 6.07 Å². The quantitative estimate of drug-likeness (QED) is 0.825. The second-order valence-electron chi connectivity index (χ2n) is 6.06. The highest BCUT2D eigenvalue weighted by Crippen LogP contribution is 2.28. The Hall–Kier alpha value is -0.410. The summed E-state index contributed by atoms with van der Waals surface area (Å²) in [6, 6.07) is 6.10. The molecular weight excluding hydrogens is 293 g/mol. The average molecular weight is 314 g/mol. The molecule has 0 unspecified atom stereocenters. The Morgan fingerprint density at radius 1 is 1.39 bits per heavy atom. The van der Waals surface area contributed by atoms with Crippen molar-refractivity contribution in [2.24, 2.45) is 5.41 Å². The third-order valence-electron chi connectivity index (χ3n) is 3.50. The molecule has 0 atom stereocenters. The van der Waals surface area contributed by atoms with Crippen molar-refractivity contribution >= 4 is 15.9 Å². The fourth-order valence-corrected chi connectivity index (χ4v) is 2.50. The van der Waals surface area contributed by atoms with Gasteiger partial charge in [-0.15, -0.1) is 0 Å². The lowest BCUT2D eigenvalue weighted by molar-refractivity contribution is 0.320. The molecule has 2 rings (SSSR count). The van der Waals surface area contributed by atoms with Crippen molar-refractivity contribution in [3.63, 3.8) is 0 Å². The van der Waals surface area contributed by atoms with Gasteiger partial charge >= 0.3 is 0 Å². The highest BCUT2D eigenvalue weighted by atomic mass is 79.9. The zero-order valence-electron chi connectivity index (χ0n) is 11.1. The maximum atomic E-state index is 13.8. The van der Waals surface area contributed by atoms with Crippen molar-refractivity contribution in [1.82, 2.24) is 5.32 Å². The molecule has 0 aliphatic heterocycles. The highest BCUT2D eigenvalue weighted by molar-refractivity contribution is 9.10. The predicted octanol–water partition coefficient (Wildman–Crippen LogP) is 4.30. The van der Waals surface area contributed by atoms with Crippen LogP contribution in [0.4, 0.5) is 4.39 Å². The van der Waals surface area contributed by atoms with Gasteiger partial charge < -0.3 is 5.32 Å². The maximum absolute atomic E-state index is 13.8. The normalized spacial score (nSPS) is 16.0. The number of hydrogen-bond acceptors (Lipinski definition) is 1. The molecule has 100 valence electrons. The molecule has 0 bridgehead atoms. The molecular formula is C15H21BrFN. The molecule has 1 aliphatic rings. The van der Waals surface area contributed by atoms with Gasteiger partial charge in [-0.3, -0.25) is 0 Å². The summed E-state index contributed by atoms with van der Waals surface area (Å²) in [4.78, 5) is 0. The Bertz CT molecular complexity index is 413. The SMILES string of the molecule is CC(C)(CCNC1CC1)Cc1ccc(Br)cc1F. The van der Waals surface area contributed by atoms with Gasteiger partial charge in [0, 0.05) is 10.5 Å². The van der Waals surface area contributed by atoms with E-state index in [2.05, 4.69) is 35.1 Å². The fourth-order valence-electron chi connectivity index (χ4n) is 2.17. The molecule has 1 N–H and O–H groups in total. The molecule has 0 heterocycles. The number of halogens is 2. The van der Waals surface area contributed by atoms with Crippen LogP contribution in [0.15, 0.2) is 22.7 Å². The second-order valence-corrected chi connectivity index (χ2v) is 6.97. The molecule has 1 aromatic carbocycles. The van der Waals surface area contributed by atoms with Gasteiger partial charge in [-0.1, -0.05) is 35.8 Å². The van der Waals surface area contributed by atoms with Crippen LogP contribution < -0.4 is 5.32 Å². The van der Waals surface area contributed by atoms with Gasteiger partial charge in [0.15, 0.2) is 0 Å². The third-order valence-corrected chi connectivity index (χ3v) is 3.99. The summed E-state index contributed by atoms with van der Waals surface area (Å²) < 4.78 is 14.6. The van der Waals surface area contributed by atoms with Crippen LogP contribution in [0, 0.1) is 11.2 Å². The molecule has 0 saturated heterocycles. The number of rotatable bonds is 6. The topological polar surface area (TPSA) is 12.0 Å². The van der Waals surface area contributed by atoms with E-state index in [0.717, 1.165) is 35.5 Å². The van der Waals surface area contributed by atoms with Gasteiger partial charge in [0.2, 0.25) is 0 Å². The highest BCUT2D eigenvalue weighted by Gasteiger charge is 2.23. The number of benzene rings is 1. The van der Waals surface area contributed by atoms with Crippen LogP contribution in [0.3, 0.4) is 0 Å². The van der Waals surface area contributed by atoms with Crippen LogP contribution in [0.25, 0.3) is 0 Å². The van der Waals surface area contributed by atoms with E-state index in [9.17, 15) is 4.39 Å². The molecule has 1 saturated carbocycles. The minimum atomic E-state index is -0.104. The molecule has 0 amide bonds. The van der Waals surface area contributed by atoms with Crippen molar-refractivity contribution in [2.75, 3.05) is 6.54 Å². The Balaban J connectivity index is 1.88. The van der Waals surface area contributed by atoms with Gasteiger partial charge in [0.25, 0.3) is 0 Å². The Labute approximate surface area is 117 Å². The average Bonchev–Trinajstić information content (AvgIpc) is 3.06. The van der Waals surface area contributed by atoms with E-state index in [4.69, 9.17) is 0 Å². The maximum Gasteiger partial charge on any atom is 0.127 e. The Morgan fingerprint density at radius 2 is 2.11 bits per heavy atom. The smallest absolute Gasteiger partial charge is 0.127 e. The van der Waals surface area contributed by atoms with E-state index in [1.807, 2.05) is 12.1 Å². The molecule has 0 aromatic heterocycles. The van der Waals surface area contributed by atoms with E-state index in [-0.39, 0.29) is 11.2 Å². The first-order valence-corrected chi connectivity index (χ1v) is 7.43. The fraction of sp³-hybridized carbons (Fsp3) is 0.600. The van der Waals surface area contributed by atoms with Gasteiger partial charge in [0.1, 0.15) is 5.82 Å². The van der Waals surface area contributed by atoms with E-state index >= 15 is 0 Å². The van der Waals surface area contributed by atoms with Crippen LogP contribution >= 0.6 is 15.9 Å². The van der Waals surface area contributed by atoms with Gasteiger partial charge in [-0.25, -0.2) is 4.39 Å². The molecule has 18 heavy (non-hydrogen) atoms. The van der Waals surface area contributed by atoms with Crippen LogP contribution in [0.1, 0.15) is 38.7 Å². The first-order valence-electron chi connectivity index (χ1n) is 6.64. The lowest BCUT2D eigenvalue weighted by Crippen LogP contribution is -2.25. The lowest BCUT2D eigenvalue weighted by Gasteiger charge is -2.25. The molecule has 1 aliphatic carbocycles. The van der Waals surface area contributed by atoms with Crippen molar-refractivity contribution in [3.8, 4) is 0 Å². The van der Waals surface area contributed by atoms with Crippen molar-refractivity contribution in [3.05, 3.63) is 34.1 Å². The molecule has 1 fully saturated rings. The van der Waals surface area contributed by atoms with Crippen molar-refractivity contribution in [2.45, 2.75) is 45.6 Å². The molecule has 0 radical (unpaired) electrons. The molecule has 3 heteroatoms. The zero-order valence-corrected chi connectivity index (χ0v) is 12.7. The predicted molar refractivity (Wildman–Crippen MR) is 77.2 cm³/mol. The summed E-state index contributed by atoms with van der Waals surface area (Å²) in [5.74, 6) is -0.104. The van der Waals surface area contributed by atoms with Gasteiger partial charge in [0.05, 0.1) is 0 Å². The van der Waals surface area contributed by atoms with Crippen LogP contribution in [-0.4, -0.2) is 12.6 Å². The lowest BCUT2D eigenvalue weighted by atomic mass is 9.82. The van der Waals surface area contributed by atoms with Gasteiger partial charge in [-0.05, 0) is 55.3 Å². The minimum absolute atomic E-state index is 0.104. The third kappa shape index (κ3) is 4.36. The minimum Gasteiger partial charge on any atom is -0.314 e. The first kappa shape index (κ1) is 14.0. The molecule has 0 spiro atoms. The van der Waals surface area contributed by atoms with E-state index in [1.165, 1.54) is 12.8 Å².